The van der Waals surface area contributed by atoms with Gasteiger partial charge in [-0.1, -0.05) is 0 Å². The Kier molecular flexibility index (Phi) is 5.53. The molecule has 1 aromatic heterocycles. The van der Waals surface area contributed by atoms with E-state index >= 15 is 0 Å². The SMILES string of the molecule is COC(=O)CC1Cc2cc(Br)c3n[nH]c(Br)c3c2CN(CC(F)(F)F)C1=O. The average Bonchev–Trinajstić information content (AvgIpc) is 2.92. The van der Waals surface area contributed by atoms with Gasteiger partial charge in [-0.2, -0.15) is 18.3 Å². The number of aromatic amines is 1. The van der Waals surface area contributed by atoms with Crippen molar-refractivity contribution in [1.82, 2.24) is 15.1 Å². The van der Waals surface area contributed by atoms with Crippen LogP contribution in [0, 0.1) is 5.92 Å². The van der Waals surface area contributed by atoms with Crippen molar-refractivity contribution >= 4 is 54.6 Å². The molecule has 0 aliphatic carbocycles. The Labute approximate surface area is 168 Å². The third-order valence-electron chi connectivity index (χ3n) is 4.43. The number of nitrogens with zero attached hydrogens (tertiary/aromatic N) is 2. The summed E-state index contributed by atoms with van der Waals surface area (Å²) in [6.45, 7) is -1.62. The molecular formula is C16H14Br2F3N3O3. The van der Waals surface area contributed by atoms with E-state index < -0.39 is 30.5 Å². The lowest BCUT2D eigenvalue weighted by molar-refractivity contribution is -0.165. The van der Waals surface area contributed by atoms with Crippen LogP contribution < -0.4 is 0 Å². The lowest BCUT2D eigenvalue weighted by Gasteiger charge is -2.25. The molecule has 2 heterocycles. The van der Waals surface area contributed by atoms with E-state index in [1.165, 1.54) is 7.11 Å². The summed E-state index contributed by atoms with van der Waals surface area (Å²) in [5.41, 5.74) is 1.80. The van der Waals surface area contributed by atoms with E-state index in [2.05, 4.69) is 46.8 Å². The van der Waals surface area contributed by atoms with Gasteiger partial charge >= 0.3 is 12.1 Å². The van der Waals surface area contributed by atoms with Gasteiger partial charge < -0.3 is 9.64 Å². The minimum absolute atomic E-state index is 0.129. The van der Waals surface area contributed by atoms with E-state index in [9.17, 15) is 22.8 Å². The van der Waals surface area contributed by atoms with Gasteiger partial charge in [-0.3, -0.25) is 14.7 Å². The molecule has 1 aliphatic rings. The minimum atomic E-state index is -4.56. The molecule has 1 amide bonds. The van der Waals surface area contributed by atoms with E-state index in [0.717, 1.165) is 4.90 Å². The van der Waals surface area contributed by atoms with Crippen LogP contribution in [0.15, 0.2) is 15.1 Å². The molecule has 1 N–H and O–H groups in total. The normalized spacial score (nSPS) is 17.8. The van der Waals surface area contributed by atoms with Crippen LogP contribution in [0.2, 0.25) is 0 Å². The van der Waals surface area contributed by atoms with Gasteiger partial charge in [0, 0.05) is 16.4 Å². The lowest BCUT2D eigenvalue weighted by atomic mass is 9.93. The van der Waals surface area contributed by atoms with Gasteiger partial charge in [-0.25, -0.2) is 0 Å². The highest BCUT2D eigenvalue weighted by atomic mass is 79.9. The molecule has 146 valence electrons. The Morgan fingerprint density at radius 2 is 2.15 bits per heavy atom. The second-order valence-corrected chi connectivity index (χ2v) is 7.90. The molecule has 2 aromatic rings. The van der Waals surface area contributed by atoms with E-state index in [0.29, 0.717) is 31.1 Å². The van der Waals surface area contributed by atoms with E-state index in [1.54, 1.807) is 6.07 Å². The molecule has 0 saturated carbocycles. The monoisotopic (exact) mass is 511 g/mol. The fourth-order valence-electron chi connectivity index (χ4n) is 3.27. The van der Waals surface area contributed by atoms with Gasteiger partial charge in [0.05, 0.1) is 19.4 Å². The maximum Gasteiger partial charge on any atom is 0.406 e. The number of aromatic nitrogens is 2. The molecular weight excluding hydrogens is 499 g/mol. The highest BCUT2D eigenvalue weighted by molar-refractivity contribution is 9.11. The van der Waals surface area contributed by atoms with Crippen LogP contribution in [0.4, 0.5) is 13.2 Å². The van der Waals surface area contributed by atoms with Crippen molar-refractivity contribution in [2.24, 2.45) is 5.92 Å². The van der Waals surface area contributed by atoms with Gasteiger partial charge in [0.25, 0.3) is 0 Å². The number of H-pyrrole nitrogens is 1. The predicted molar refractivity (Wildman–Crippen MR) is 96.8 cm³/mol. The zero-order valence-corrected chi connectivity index (χ0v) is 17.2. The quantitative estimate of drug-likeness (QED) is 0.636. The number of amides is 1. The number of nitrogens with one attached hydrogen (secondary N) is 1. The van der Waals surface area contributed by atoms with Crippen LogP contribution in [0.5, 0.6) is 0 Å². The predicted octanol–water partition coefficient (Wildman–Crippen LogP) is 3.71. The van der Waals surface area contributed by atoms with Crippen molar-refractivity contribution in [2.75, 3.05) is 13.7 Å². The van der Waals surface area contributed by atoms with Crippen molar-refractivity contribution < 1.29 is 27.5 Å². The van der Waals surface area contributed by atoms with Crippen LogP contribution >= 0.6 is 31.9 Å². The van der Waals surface area contributed by atoms with Gasteiger partial charge in [-0.15, -0.1) is 0 Å². The summed E-state index contributed by atoms with van der Waals surface area (Å²) in [6.07, 6.45) is -4.72. The van der Waals surface area contributed by atoms with E-state index in [4.69, 9.17) is 0 Å². The second-order valence-electron chi connectivity index (χ2n) is 6.25. The number of methoxy groups -OCH3 is 1. The Morgan fingerprint density at radius 1 is 1.44 bits per heavy atom. The molecule has 6 nitrogen and oxygen atoms in total. The number of hydrogen-bond acceptors (Lipinski definition) is 4. The summed E-state index contributed by atoms with van der Waals surface area (Å²) in [6, 6.07) is 1.74. The van der Waals surface area contributed by atoms with Gasteiger partial charge in [0.1, 0.15) is 16.7 Å². The molecule has 0 fully saturated rings. The van der Waals surface area contributed by atoms with Crippen molar-refractivity contribution in [3.63, 3.8) is 0 Å². The summed E-state index contributed by atoms with van der Waals surface area (Å²) in [5.74, 6) is -2.30. The van der Waals surface area contributed by atoms with E-state index in [1.807, 2.05) is 0 Å². The zero-order chi connectivity index (χ0) is 19.9. The summed E-state index contributed by atoms with van der Waals surface area (Å²) in [5, 5.41) is 7.50. The van der Waals surface area contributed by atoms with Crippen LogP contribution in [0.3, 0.4) is 0 Å². The fourth-order valence-corrected chi connectivity index (χ4v) is 4.35. The third-order valence-corrected chi connectivity index (χ3v) is 5.60. The number of hydrogen-bond donors (Lipinski definition) is 1. The number of halogens is 5. The first-order chi connectivity index (χ1) is 12.6. The van der Waals surface area contributed by atoms with Crippen molar-refractivity contribution in [1.29, 1.82) is 0 Å². The molecule has 0 bridgehead atoms. The van der Waals surface area contributed by atoms with Crippen LogP contribution in [-0.2, 0) is 27.3 Å². The number of ether oxygens (including phenoxy) is 1. The fraction of sp³-hybridized carbons (Fsp3) is 0.438. The first-order valence-corrected chi connectivity index (χ1v) is 9.45. The highest BCUT2D eigenvalue weighted by Crippen LogP contribution is 2.38. The van der Waals surface area contributed by atoms with Gasteiger partial charge in [0.15, 0.2) is 0 Å². The molecule has 3 rings (SSSR count). The molecule has 11 heteroatoms. The highest BCUT2D eigenvalue weighted by Gasteiger charge is 2.39. The van der Waals surface area contributed by atoms with Gasteiger partial charge in [0.2, 0.25) is 5.91 Å². The zero-order valence-electron chi connectivity index (χ0n) is 14.0. The van der Waals surface area contributed by atoms with Crippen molar-refractivity contribution in [3.8, 4) is 0 Å². The Balaban J connectivity index is 2.13. The second kappa shape index (κ2) is 7.42. The minimum Gasteiger partial charge on any atom is -0.469 e. The number of carbonyl (C=O) groups is 2. The summed E-state index contributed by atoms with van der Waals surface area (Å²) in [7, 11) is 1.17. The molecule has 0 spiro atoms. The standard InChI is InChI=1S/C16H14Br2F3N3O3/c1-27-11(25)4-8-2-7-3-10(17)13-12(14(18)23-22-13)9(7)5-24(15(8)26)6-16(19,20)21/h3,8H,2,4-6H2,1H3,(H,22,23). The molecule has 1 atom stereocenters. The molecule has 27 heavy (non-hydrogen) atoms. The third kappa shape index (κ3) is 4.13. The first-order valence-electron chi connectivity index (χ1n) is 7.87. The van der Waals surface area contributed by atoms with Gasteiger partial charge in [-0.05, 0) is 55.5 Å². The number of rotatable bonds is 3. The van der Waals surface area contributed by atoms with Crippen molar-refractivity contribution in [2.45, 2.75) is 25.6 Å². The molecule has 0 saturated heterocycles. The maximum atomic E-state index is 13.1. The summed E-state index contributed by atoms with van der Waals surface area (Å²) >= 11 is 6.73. The van der Waals surface area contributed by atoms with Crippen LogP contribution in [0.1, 0.15) is 17.5 Å². The van der Waals surface area contributed by atoms with E-state index in [-0.39, 0.29) is 19.4 Å². The Bertz CT molecular complexity index is 914. The number of benzene rings is 1. The number of alkyl halides is 3. The van der Waals surface area contributed by atoms with Crippen LogP contribution in [-0.4, -0.2) is 46.8 Å². The van der Waals surface area contributed by atoms with Crippen molar-refractivity contribution in [3.05, 3.63) is 26.3 Å². The molecule has 1 aromatic carbocycles. The molecule has 1 unspecified atom stereocenters. The number of esters is 1. The summed E-state index contributed by atoms with van der Waals surface area (Å²) < 4.78 is 44.9. The summed E-state index contributed by atoms with van der Waals surface area (Å²) in [4.78, 5) is 25.2. The Hall–Kier alpha value is -1.62. The maximum absolute atomic E-state index is 13.1. The lowest BCUT2D eigenvalue weighted by Crippen LogP contribution is -2.41. The molecule has 0 radical (unpaired) electrons. The number of carbonyl (C=O) groups excluding carboxylic acids is 2. The van der Waals surface area contributed by atoms with Crippen LogP contribution in [0.25, 0.3) is 10.9 Å². The average molecular weight is 513 g/mol. The Morgan fingerprint density at radius 3 is 2.78 bits per heavy atom. The topological polar surface area (TPSA) is 75.3 Å². The first kappa shape index (κ1) is 20.1. The smallest absolute Gasteiger partial charge is 0.406 e. The molecule has 1 aliphatic heterocycles. The largest absolute Gasteiger partial charge is 0.469 e. The number of fused-ring (bicyclic) bond motifs is 3.